The van der Waals surface area contributed by atoms with Crippen molar-refractivity contribution in [2.24, 2.45) is 0 Å². The molecular formula is C10H12F2N2O4S. The average molecular weight is 294 g/mol. The van der Waals surface area contributed by atoms with Crippen molar-refractivity contribution in [1.29, 1.82) is 0 Å². The number of nitrogens with zero attached hydrogens (tertiary/aromatic N) is 1. The Bertz CT molecular complexity index is 587. The second-order valence-electron chi connectivity index (χ2n) is 4.04. The van der Waals surface area contributed by atoms with E-state index >= 15 is 0 Å². The maximum Gasteiger partial charge on any atom is 0.301 e. The van der Waals surface area contributed by atoms with E-state index in [1.165, 1.54) is 7.11 Å². The van der Waals surface area contributed by atoms with Crippen molar-refractivity contribution in [3.63, 3.8) is 0 Å². The molecule has 6 nitrogen and oxygen atoms in total. The topological polar surface area (TPSA) is 78.9 Å². The van der Waals surface area contributed by atoms with E-state index in [0.717, 1.165) is 16.4 Å². The molecule has 19 heavy (non-hydrogen) atoms. The van der Waals surface area contributed by atoms with Crippen molar-refractivity contribution in [3.05, 3.63) is 23.8 Å². The molecule has 9 heteroatoms. The van der Waals surface area contributed by atoms with E-state index in [-0.39, 0.29) is 19.2 Å². The summed E-state index contributed by atoms with van der Waals surface area (Å²) in [5.74, 6) is -3.74. The highest BCUT2D eigenvalue weighted by Gasteiger charge is 2.36. The minimum Gasteiger partial charge on any atom is -0.503 e. The van der Waals surface area contributed by atoms with Gasteiger partial charge in [-0.05, 0) is 12.1 Å². The molecule has 1 aromatic rings. The Morgan fingerprint density at radius 2 is 2.05 bits per heavy atom. The van der Waals surface area contributed by atoms with Crippen LogP contribution in [-0.4, -0.2) is 44.1 Å². The second kappa shape index (κ2) is 4.91. The molecule has 2 rings (SSSR count). The molecule has 0 aliphatic carbocycles. The van der Waals surface area contributed by atoms with Crippen molar-refractivity contribution < 1.29 is 27.0 Å². The van der Waals surface area contributed by atoms with Gasteiger partial charge in [0.25, 0.3) is 0 Å². The van der Waals surface area contributed by atoms with E-state index in [4.69, 9.17) is 9.84 Å². The number of anilines is 1. The zero-order valence-corrected chi connectivity index (χ0v) is 10.7. The Morgan fingerprint density at radius 3 is 2.63 bits per heavy atom. The Morgan fingerprint density at radius 1 is 1.42 bits per heavy atom. The lowest BCUT2D eigenvalue weighted by Crippen LogP contribution is -2.55. The molecule has 1 saturated heterocycles. The number of halogens is 2. The fourth-order valence-corrected chi connectivity index (χ4v) is 2.86. The van der Waals surface area contributed by atoms with Crippen LogP contribution >= 0.6 is 0 Å². The molecule has 0 spiro atoms. The first-order chi connectivity index (χ1) is 8.85. The number of phenols is 1. The third-order valence-electron chi connectivity index (χ3n) is 2.79. The van der Waals surface area contributed by atoms with Crippen LogP contribution in [0.1, 0.15) is 0 Å². The maximum absolute atomic E-state index is 13.5. The molecule has 0 bridgehead atoms. The van der Waals surface area contributed by atoms with Crippen molar-refractivity contribution in [2.45, 2.75) is 6.10 Å². The predicted molar refractivity (Wildman–Crippen MR) is 62.9 cm³/mol. The SMILES string of the molecule is COC1CN(S(=O)(=O)Nc2ccc(F)c(O)c2F)C1. The summed E-state index contributed by atoms with van der Waals surface area (Å²) in [4.78, 5) is 0. The van der Waals surface area contributed by atoms with Crippen LogP contribution in [0, 0.1) is 11.6 Å². The van der Waals surface area contributed by atoms with E-state index in [9.17, 15) is 17.2 Å². The van der Waals surface area contributed by atoms with Gasteiger partial charge in [-0.2, -0.15) is 12.7 Å². The molecule has 0 unspecified atom stereocenters. The lowest BCUT2D eigenvalue weighted by Gasteiger charge is -2.36. The van der Waals surface area contributed by atoms with Crippen LogP contribution in [0.4, 0.5) is 14.5 Å². The van der Waals surface area contributed by atoms with E-state index in [1.54, 1.807) is 0 Å². The predicted octanol–water partition coefficient (Wildman–Crippen LogP) is 0.658. The Balaban J connectivity index is 2.15. The van der Waals surface area contributed by atoms with Gasteiger partial charge in [0.1, 0.15) is 0 Å². The van der Waals surface area contributed by atoms with Gasteiger partial charge in [-0.15, -0.1) is 0 Å². The van der Waals surface area contributed by atoms with Gasteiger partial charge >= 0.3 is 10.2 Å². The normalized spacial score (nSPS) is 17.2. The van der Waals surface area contributed by atoms with Gasteiger partial charge < -0.3 is 9.84 Å². The zero-order valence-electron chi connectivity index (χ0n) is 9.93. The van der Waals surface area contributed by atoms with Crippen molar-refractivity contribution >= 4 is 15.9 Å². The van der Waals surface area contributed by atoms with Crippen LogP contribution in [0.3, 0.4) is 0 Å². The largest absolute Gasteiger partial charge is 0.503 e. The summed E-state index contributed by atoms with van der Waals surface area (Å²) in [6.07, 6.45) is -0.192. The van der Waals surface area contributed by atoms with Gasteiger partial charge in [-0.25, -0.2) is 8.78 Å². The highest BCUT2D eigenvalue weighted by Crippen LogP contribution is 2.28. The van der Waals surface area contributed by atoms with Crippen molar-refractivity contribution in [1.82, 2.24) is 4.31 Å². The smallest absolute Gasteiger partial charge is 0.301 e. The maximum atomic E-state index is 13.5. The summed E-state index contributed by atoms with van der Waals surface area (Å²) in [6.45, 7) is 0.307. The first kappa shape index (κ1) is 14.0. The molecule has 1 heterocycles. The quantitative estimate of drug-likeness (QED) is 0.855. The molecule has 0 amide bonds. The summed E-state index contributed by atoms with van der Waals surface area (Å²) in [5, 5.41) is 9.06. The number of benzene rings is 1. The fourth-order valence-electron chi connectivity index (χ4n) is 1.57. The van der Waals surface area contributed by atoms with Crippen LogP contribution in [-0.2, 0) is 14.9 Å². The number of rotatable bonds is 4. The lowest BCUT2D eigenvalue weighted by molar-refractivity contribution is 0.0128. The van der Waals surface area contributed by atoms with Crippen LogP contribution in [0.15, 0.2) is 12.1 Å². The summed E-state index contributed by atoms with van der Waals surface area (Å²) in [7, 11) is -2.48. The third-order valence-corrected chi connectivity index (χ3v) is 4.25. The molecule has 1 fully saturated rings. The van der Waals surface area contributed by atoms with Crippen LogP contribution in [0.25, 0.3) is 0 Å². The summed E-state index contributed by atoms with van der Waals surface area (Å²) >= 11 is 0. The zero-order chi connectivity index (χ0) is 14.2. The molecule has 0 radical (unpaired) electrons. The lowest BCUT2D eigenvalue weighted by atomic mass is 10.2. The molecule has 0 atom stereocenters. The minimum absolute atomic E-state index is 0.153. The molecule has 0 saturated carbocycles. The molecule has 0 aromatic heterocycles. The van der Waals surface area contributed by atoms with Crippen LogP contribution < -0.4 is 4.72 Å². The van der Waals surface area contributed by atoms with Crippen LogP contribution in [0.5, 0.6) is 5.75 Å². The molecule has 106 valence electrons. The second-order valence-corrected chi connectivity index (χ2v) is 5.71. The number of methoxy groups -OCH3 is 1. The van der Waals surface area contributed by atoms with Gasteiger partial charge in [-0.1, -0.05) is 0 Å². The summed E-state index contributed by atoms with van der Waals surface area (Å²) in [6, 6.07) is 1.67. The van der Waals surface area contributed by atoms with Crippen molar-refractivity contribution in [2.75, 3.05) is 24.9 Å². The number of hydrogen-bond donors (Lipinski definition) is 2. The highest BCUT2D eigenvalue weighted by molar-refractivity contribution is 7.90. The molecule has 1 aliphatic heterocycles. The molecular weight excluding hydrogens is 282 g/mol. The number of aromatic hydroxyl groups is 1. The monoisotopic (exact) mass is 294 g/mol. The third kappa shape index (κ3) is 2.62. The van der Waals surface area contributed by atoms with Gasteiger partial charge in [0.05, 0.1) is 11.8 Å². The van der Waals surface area contributed by atoms with E-state index in [0.29, 0.717) is 0 Å². The van der Waals surface area contributed by atoms with E-state index in [2.05, 4.69) is 0 Å². The summed E-state index contributed by atoms with van der Waals surface area (Å²) in [5.41, 5.74) is -0.514. The van der Waals surface area contributed by atoms with Gasteiger partial charge in [-0.3, -0.25) is 4.72 Å². The minimum atomic E-state index is -3.94. The Labute approximate surface area is 108 Å². The van der Waals surface area contributed by atoms with Gasteiger partial charge in [0.15, 0.2) is 17.4 Å². The number of phenolic OH excluding ortho intramolecular Hbond substituents is 1. The molecule has 1 aromatic carbocycles. The molecule has 2 N–H and O–H groups in total. The summed E-state index contributed by atoms with van der Waals surface area (Å²) < 4.78 is 57.8. The first-order valence-electron chi connectivity index (χ1n) is 5.33. The average Bonchev–Trinajstić information content (AvgIpc) is 2.28. The fraction of sp³-hybridized carbons (Fsp3) is 0.400. The Hall–Kier alpha value is -1.45. The van der Waals surface area contributed by atoms with E-state index < -0.39 is 33.3 Å². The number of ether oxygens (including phenoxy) is 1. The van der Waals surface area contributed by atoms with Gasteiger partial charge in [0.2, 0.25) is 0 Å². The highest BCUT2D eigenvalue weighted by atomic mass is 32.2. The number of hydrogen-bond acceptors (Lipinski definition) is 4. The standard InChI is InChI=1S/C10H12F2N2O4S/c1-18-6-4-14(5-6)19(16,17)13-8-3-2-7(11)10(15)9(8)12/h2-3,6,13,15H,4-5H2,1H3. The van der Waals surface area contributed by atoms with Gasteiger partial charge in [0, 0.05) is 20.2 Å². The molecule has 1 aliphatic rings. The first-order valence-corrected chi connectivity index (χ1v) is 6.77. The Kier molecular flexibility index (Phi) is 3.61. The van der Waals surface area contributed by atoms with E-state index in [1.807, 2.05) is 4.72 Å². The number of nitrogens with one attached hydrogen (secondary N) is 1. The van der Waals surface area contributed by atoms with Crippen molar-refractivity contribution in [3.8, 4) is 5.75 Å². The van der Waals surface area contributed by atoms with Crippen LogP contribution in [0.2, 0.25) is 0 Å².